The Bertz CT molecular complexity index is 995. The first kappa shape index (κ1) is 18.0. The summed E-state index contributed by atoms with van der Waals surface area (Å²) in [6.07, 6.45) is 1.96. The van der Waals surface area contributed by atoms with Crippen molar-refractivity contribution in [3.05, 3.63) is 53.6 Å². The van der Waals surface area contributed by atoms with Crippen molar-refractivity contribution in [2.75, 3.05) is 5.32 Å². The van der Waals surface area contributed by atoms with Crippen LogP contribution < -0.4 is 10.6 Å². The van der Waals surface area contributed by atoms with Crippen molar-refractivity contribution >= 4 is 11.8 Å². The van der Waals surface area contributed by atoms with E-state index in [2.05, 4.69) is 30.9 Å². The molecule has 0 radical (unpaired) electrons. The van der Waals surface area contributed by atoms with Gasteiger partial charge in [0.2, 0.25) is 0 Å². The second kappa shape index (κ2) is 6.98. The number of fused-ring (bicyclic) bond motifs is 1. The predicted molar refractivity (Wildman–Crippen MR) is 92.9 cm³/mol. The third-order valence-electron chi connectivity index (χ3n) is 4.49. The molecule has 0 saturated carbocycles. The van der Waals surface area contributed by atoms with Crippen LogP contribution in [0.5, 0.6) is 0 Å². The Morgan fingerprint density at radius 1 is 1.32 bits per heavy atom. The molecule has 28 heavy (non-hydrogen) atoms. The number of pyridine rings is 1. The number of urea groups is 1. The van der Waals surface area contributed by atoms with Crippen molar-refractivity contribution in [3.8, 4) is 5.82 Å². The summed E-state index contributed by atoms with van der Waals surface area (Å²) in [5.41, 5.74) is 1.23. The van der Waals surface area contributed by atoms with Crippen LogP contribution in [0.2, 0.25) is 0 Å². The standard InChI is InChI=1S/C17H16F3N7O/c18-17(19,20)12-2-1-6-21-15(12)27-7-5-14(26-27)24-16(28)23-11-3-4-13-10(8-11)9-22-25-13/h1-2,5-7,9,11H,3-4,8H2,(H,22,25)(H2,23,24,26,28). The minimum absolute atomic E-state index is 0.0557. The number of nitrogens with zero attached hydrogens (tertiary/aromatic N) is 4. The smallest absolute Gasteiger partial charge is 0.335 e. The number of alkyl halides is 3. The summed E-state index contributed by atoms with van der Waals surface area (Å²) in [6.45, 7) is 0. The van der Waals surface area contributed by atoms with E-state index in [1.165, 1.54) is 24.5 Å². The molecule has 3 aromatic rings. The van der Waals surface area contributed by atoms with Gasteiger partial charge in [0.1, 0.15) is 5.56 Å². The largest absolute Gasteiger partial charge is 0.420 e. The third-order valence-corrected chi connectivity index (χ3v) is 4.49. The molecule has 2 amide bonds. The van der Waals surface area contributed by atoms with Gasteiger partial charge in [-0.2, -0.15) is 18.3 Å². The first-order chi connectivity index (χ1) is 13.4. The van der Waals surface area contributed by atoms with Crippen LogP contribution in [0.4, 0.5) is 23.8 Å². The fourth-order valence-corrected chi connectivity index (χ4v) is 3.19. The molecule has 1 aliphatic rings. The molecule has 3 aromatic heterocycles. The number of aryl methyl sites for hydroxylation is 1. The van der Waals surface area contributed by atoms with E-state index in [-0.39, 0.29) is 17.7 Å². The van der Waals surface area contributed by atoms with E-state index in [1.807, 2.05) is 0 Å². The van der Waals surface area contributed by atoms with Crippen LogP contribution in [0.3, 0.4) is 0 Å². The molecule has 11 heteroatoms. The van der Waals surface area contributed by atoms with Gasteiger partial charge >= 0.3 is 12.2 Å². The van der Waals surface area contributed by atoms with E-state index in [0.29, 0.717) is 6.42 Å². The molecular weight excluding hydrogens is 375 g/mol. The molecule has 0 spiro atoms. The maximum atomic E-state index is 13.1. The van der Waals surface area contributed by atoms with Gasteiger partial charge in [0.25, 0.3) is 0 Å². The highest BCUT2D eigenvalue weighted by molar-refractivity contribution is 5.88. The number of nitrogens with one attached hydrogen (secondary N) is 3. The molecule has 8 nitrogen and oxygen atoms in total. The van der Waals surface area contributed by atoms with Gasteiger partial charge in [0.15, 0.2) is 11.6 Å². The van der Waals surface area contributed by atoms with Gasteiger partial charge in [0, 0.05) is 30.2 Å². The zero-order valence-corrected chi connectivity index (χ0v) is 14.5. The summed E-state index contributed by atoms with van der Waals surface area (Å²) < 4.78 is 40.4. The number of carbonyl (C=O) groups excluding carboxylic acids is 1. The minimum atomic E-state index is -4.56. The molecule has 1 atom stereocenters. The molecule has 0 saturated heterocycles. The molecule has 0 aliphatic heterocycles. The molecule has 0 bridgehead atoms. The van der Waals surface area contributed by atoms with Gasteiger partial charge in [-0.25, -0.2) is 14.5 Å². The van der Waals surface area contributed by atoms with Crippen LogP contribution in [0, 0.1) is 0 Å². The molecule has 1 unspecified atom stereocenters. The van der Waals surface area contributed by atoms with Gasteiger partial charge in [-0.1, -0.05) is 0 Å². The highest BCUT2D eigenvalue weighted by atomic mass is 19.4. The molecule has 1 aliphatic carbocycles. The number of anilines is 1. The van der Waals surface area contributed by atoms with Crippen LogP contribution in [-0.2, 0) is 19.0 Å². The molecular formula is C17H16F3N7O. The number of halogens is 3. The number of carbonyl (C=O) groups is 1. The quantitative estimate of drug-likeness (QED) is 0.639. The Labute approximate surface area is 157 Å². The number of hydrogen-bond donors (Lipinski definition) is 3. The SMILES string of the molecule is O=C(Nc1ccn(-c2ncccc2C(F)(F)F)n1)NC1CCc2[nH]ncc2C1. The Morgan fingerprint density at radius 3 is 3.00 bits per heavy atom. The van der Waals surface area contributed by atoms with Crippen LogP contribution in [-0.4, -0.2) is 37.0 Å². The Kier molecular flexibility index (Phi) is 4.49. The normalized spacial score (nSPS) is 16.5. The average Bonchev–Trinajstić information content (AvgIpc) is 3.30. The van der Waals surface area contributed by atoms with E-state index < -0.39 is 17.8 Å². The minimum Gasteiger partial charge on any atom is -0.335 e. The monoisotopic (exact) mass is 391 g/mol. The fourth-order valence-electron chi connectivity index (χ4n) is 3.19. The predicted octanol–water partition coefficient (Wildman–Crippen LogP) is 2.69. The highest BCUT2D eigenvalue weighted by Crippen LogP contribution is 2.32. The lowest BCUT2D eigenvalue weighted by atomic mass is 9.94. The van der Waals surface area contributed by atoms with Gasteiger partial charge in [-0.15, -0.1) is 5.10 Å². The first-order valence-electron chi connectivity index (χ1n) is 8.57. The number of aromatic nitrogens is 5. The van der Waals surface area contributed by atoms with Crippen LogP contribution in [0.25, 0.3) is 5.82 Å². The van der Waals surface area contributed by atoms with E-state index in [1.54, 1.807) is 6.20 Å². The van der Waals surface area contributed by atoms with Gasteiger partial charge < -0.3 is 5.32 Å². The fraction of sp³-hybridized carbons (Fsp3) is 0.294. The number of aromatic amines is 1. The topological polar surface area (TPSA) is 101 Å². The van der Waals surface area contributed by atoms with Crippen molar-refractivity contribution in [2.24, 2.45) is 0 Å². The number of hydrogen-bond acceptors (Lipinski definition) is 4. The third kappa shape index (κ3) is 3.68. The number of rotatable bonds is 3. The van der Waals surface area contributed by atoms with Crippen LogP contribution >= 0.6 is 0 Å². The first-order valence-corrected chi connectivity index (χ1v) is 8.57. The Morgan fingerprint density at radius 2 is 2.18 bits per heavy atom. The van der Waals surface area contributed by atoms with E-state index in [4.69, 9.17) is 0 Å². The summed E-state index contributed by atoms with van der Waals surface area (Å²) >= 11 is 0. The second-order valence-corrected chi connectivity index (χ2v) is 6.43. The number of H-pyrrole nitrogens is 1. The molecule has 3 N–H and O–H groups in total. The van der Waals surface area contributed by atoms with Crippen molar-refractivity contribution in [1.29, 1.82) is 0 Å². The molecule has 4 rings (SSSR count). The van der Waals surface area contributed by atoms with Gasteiger partial charge in [-0.3, -0.25) is 10.4 Å². The van der Waals surface area contributed by atoms with Crippen molar-refractivity contribution in [2.45, 2.75) is 31.5 Å². The maximum Gasteiger partial charge on any atom is 0.420 e. The summed E-state index contributed by atoms with van der Waals surface area (Å²) in [6, 6.07) is 3.01. The van der Waals surface area contributed by atoms with Crippen molar-refractivity contribution < 1.29 is 18.0 Å². The lowest BCUT2D eigenvalue weighted by molar-refractivity contribution is -0.137. The summed E-state index contributed by atoms with van der Waals surface area (Å²) in [5, 5.41) is 16.3. The van der Waals surface area contributed by atoms with E-state index in [9.17, 15) is 18.0 Å². The molecule has 146 valence electrons. The van der Waals surface area contributed by atoms with Gasteiger partial charge in [0.05, 0.1) is 6.20 Å². The lowest BCUT2D eigenvalue weighted by Crippen LogP contribution is -2.41. The second-order valence-electron chi connectivity index (χ2n) is 6.43. The highest BCUT2D eigenvalue weighted by Gasteiger charge is 2.35. The van der Waals surface area contributed by atoms with E-state index >= 15 is 0 Å². The molecule has 0 fully saturated rings. The van der Waals surface area contributed by atoms with Crippen LogP contribution in [0.15, 0.2) is 36.8 Å². The summed E-state index contributed by atoms with van der Waals surface area (Å²) in [7, 11) is 0. The van der Waals surface area contributed by atoms with Crippen LogP contribution in [0.1, 0.15) is 23.2 Å². The van der Waals surface area contributed by atoms with Crippen molar-refractivity contribution in [3.63, 3.8) is 0 Å². The van der Waals surface area contributed by atoms with Crippen molar-refractivity contribution in [1.82, 2.24) is 30.3 Å². The Balaban J connectivity index is 1.42. The lowest BCUT2D eigenvalue weighted by Gasteiger charge is -2.22. The maximum absolute atomic E-state index is 13.1. The summed E-state index contributed by atoms with van der Waals surface area (Å²) in [5.74, 6) is -0.237. The zero-order chi connectivity index (χ0) is 19.7. The number of amides is 2. The average molecular weight is 391 g/mol. The molecule has 0 aromatic carbocycles. The molecule has 3 heterocycles. The Hall–Kier alpha value is -3.37. The van der Waals surface area contributed by atoms with E-state index in [0.717, 1.165) is 34.8 Å². The summed E-state index contributed by atoms with van der Waals surface area (Å²) in [4.78, 5) is 16.0. The van der Waals surface area contributed by atoms with Gasteiger partial charge in [-0.05, 0) is 37.0 Å². The zero-order valence-electron chi connectivity index (χ0n) is 14.5.